The second-order valence-corrected chi connectivity index (χ2v) is 7.74. The van der Waals surface area contributed by atoms with Gasteiger partial charge in [0.2, 0.25) is 0 Å². The third kappa shape index (κ3) is 4.32. The monoisotopic (exact) mass is 388 g/mol. The van der Waals surface area contributed by atoms with Gasteiger partial charge in [0.25, 0.3) is 5.91 Å². The van der Waals surface area contributed by atoms with Crippen molar-refractivity contribution < 1.29 is 27.5 Å². The lowest BCUT2D eigenvalue weighted by Gasteiger charge is -2.27. The van der Waals surface area contributed by atoms with Gasteiger partial charge in [0.1, 0.15) is 0 Å². The standard InChI is InChI=1S/C18H16N2O6S/c21-17(12-26-18(22)16-8-4-5-10-19(16)23)20(14-6-2-1-3-7-14)15-9-11-27(24,25)13-15/h1-11,15H,12-13H2/t15-/m1/s1. The fourth-order valence-corrected chi connectivity index (χ4v) is 3.95. The van der Waals surface area contributed by atoms with Gasteiger partial charge in [-0.15, -0.1) is 0 Å². The van der Waals surface area contributed by atoms with Gasteiger partial charge in [0.15, 0.2) is 22.6 Å². The predicted molar refractivity (Wildman–Crippen MR) is 96.3 cm³/mol. The van der Waals surface area contributed by atoms with Crippen molar-refractivity contribution in [2.45, 2.75) is 6.04 Å². The number of hydrogen-bond donors (Lipinski definition) is 0. The molecule has 3 rings (SSSR count). The zero-order valence-corrected chi connectivity index (χ0v) is 14.9. The van der Waals surface area contributed by atoms with Gasteiger partial charge in [-0.25, -0.2) is 13.2 Å². The van der Waals surface area contributed by atoms with E-state index in [1.807, 2.05) is 0 Å². The lowest BCUT2D eigenvalue weighted by atomic mass is 10.2. The van der Waals surface area contributed by atoms with Gasteiger partial charge in [-0.3, -0.25) is 4.79 Å². The summed E-state index contributed by atoms with van der Waals surface area (Å²) in [7, 11) is -3.39. The topological polar surface area (TPSA) is 108 Å². The van der Waals surface area contributed by atoms with Crippen molar-refractivity contribution in [3.63, 3.8) is 0 Å². The average Bonchev–Trinajstić information content (AvgIpc) is 3.00. The number of ether oxygens (including phenoxy) is 1. The van der Waals surface area contributed by atoms with Crippen molar-refractivity contribution in [3.8, 4) is 0 Å². The second kappa shape index (κ2) is 7.58. The summed E-state index contributed by atoms with van der Waals surface area (Å²) in [5.74, 6) is -1.79. The summed E-state index contributed by atoms with van der Waals surface area (Å²) in [6.07, 6.45) is 2.56. The van der Waals surface area contributed by atoms with Gasteiger partial charge >= 0.3 is 11.7 Å². The summed E-state index contributed by atoms with van der Waals surface area (Å²) in [5.41, 5.74) is 0.226. The number of sulfone groups is 1. The van der Waals surface area contributed by atoms with E-state index in [0.717, 1.165) is 11.6 Å². The largest absolute Gasteiger partial charge is 0.618 e. The van der Waals surface area contributed by atoms with Crippen LogP contribution in [0.4, 0.5) is 5.69 Å². The molecule has 0 radical (unpaired) electrons. The number of amides is 1. The van der Waals surface area contributed by atoms with Crippen LogP contribution in [0.2, 0.25) is 0 Å². The fourth-order valence-electron chi connectivity index (χ4n) is 2.69. The Balaban J connectivity index is 1.77. The Hall–Kier alpha value is -3.20. The Bertz CT molecular complexity index is 988. The van der Waals surface area contributed by atoms with Crippen LogP contribution in [-0.2, 0) is 19.4 Å². The quantitative estimate of drug-likeness (QED) is 0.426. The first kappa shape index (κ1) is 18.6. The molecule has 0 fully saturated rings. The van der Waals surface area contributed by atoms with Crippen LogP contribution in [0.3, 0.4) is 0 Å². The number of pyridine rings is 1. The molecule has 1 aromatic heterocycles. The highest BCUT2D eigenvalue weighted by Gasteiger charge is 2.32. The van der Waals surface area contributed by atoms with E-state index >= 15 is 0 Å². The molecule has 1 aliphatic rings. The zero-order valence-electron chi connectivity index (χ0n) is 14.1. The molecular formula is C18H16N2O6S. The first-order valence-corrected chi connectivity index (χ1v) is 9.72. The molecule has 1 amide bonds. The number of benzene rings is 1. The van der Waals surface area contributed by atoms with E-state index in [1.54, 1.807) is 30.3 Å². The molecule has 1 atom stereocenters. The van der Waals surface area contributed by atoms with Gasteiger partial charge in [-0.2, -0.15) is 4.73 Å². The zero-order chi connectivity index (χ0) is 19.4. The summed E-state index contributed by atoms with van der Waals surface area (Å²) < 4.78 is 28.8. The summed E-state index contributed by atoms with van der Waals surface area (Å²) in [4.78, 5) is 26.0. The van der Waals surface area contributed by atoms with Crippen molar-refractivity contribution in [1.82, 2.24) is 0 Å². The molecule has 0 aliphatic carbocycles. The second-order valence-electron chi connectivity index (χ2n) is 5.81. The Kier molecular flexibility index (Phi) is 5.22. The van der Waals surface area contributed by atoms with E-state index < -0.39 is 34.4 Å². The summed E-state index contributed by atoms with van der Waals surface area (Å²) >= 11 is 0. The molecule has 9 heteroatoms. The predicted octanol–water partition coefficient (Wildman–Crippen LogP) is 0.821. The molecule has 0 spiro atoms. The number of anilines is 1. The van der Waals surface area contributed by atoms with E-state index in [2.05, 4.69) is 0 Å². The van der Waals surface area contributed by atoms with Crippen LogP contribution < -0.4 is 9.63 Å². The van der Waals surface area contributed by atoms with Crippen molar-refractivity contribution >= 4 is 27.4 Å². The maximum atomic E-state index is 12.7. The van der Waals surface area contributed by atoms with Gasteiger partial charge in [-0.05, 0) is 24.3 Å². The molecule has 8 nitrogen and oxygen atoms in total. The van der Waals surface area contributed by atoms with Crippen LogP contribution in [0, 0.1) is 5.21 Å². The minimum Gasteiger partial charge on any atom is -0.618 e. The average molecular weight is 388 g/mol. The maximum absolute atomic E-state index is 12.7. The minimum atomic E-state index is -3.39. The number of carbonyl (C=O) groups is 2. The normalized spacial score (nSPS) is 17.4. The first-order chi connectivity index (χ1) is 12.9. The molecule has 27 heavy (non-hydrogen) atoms. The van der Waals surface area contributed by atoms with Crippen molar-refractivity contribution in [2.75, 3.05) is 17.3 Å². The SMILES string of the molecule is O=C(OCC(=O)N(c1ccccc1)[C@@H]1C=CS(=O)(=O)C1)c1cccc[n+]1[O-]. The van der Waals surface area contributed by atoms with Gasteiger partial charge in [0, 0.05) is 23.2 Å². The van der Waals surface area contributed by atoms with E-state index in [4.69, 9.17) is 4.74 Å². The Morgan fingerprint density at radius 2 is 1.85 bits per heavy atom. The molecule has 0 saturated carbocycles. The van der Waals surface area contributed by atoms with Gasteiger partial charge in [0.05, 0.1) is 11.8 Å². The van der Waals surface area contributed by atoms with Gasteiger partial charge in [-0.1, -0.05) is 18.2 Å². The van der Waals surface area contributed by atoms with E-state index in [0.29, 0.717) is 10.4 Å². The number of esters is 1. The molecule has 2 aromatic rings. The van der Waals surface area contributed by atoms with Crippen molar-refractivity contribution in [3.05, 3.63) is 77.1 Å². The number of para-hydroxylation sites is 1. The summed E-state index contributed by atoms with van der Waals surface area (Å²) in [6.45, 7) is -0.632. The highest BCUT2D eigenvalue weighted by atomic mass is 32.2. The number of aromatic nitrogens is 1. The fraction of sp³-hybridized carbons (Fsp3) is 0.167. The third-order valence-corrected chi connectivity index (χ3v) is 5.28. The highest BCUT2D eigenvalue weighted by molar-refractivity contribution is 7.94. The molecule has 140 valence electrons. The molecule has 1 aromatic carbocycles. The molecule has 0 bridgehead atoms. The van der Waals surface area contributed by atoms with Crippen LogP contribution in [0.25, 0.3) is 0 Å². The summed E-state index contributed by atoms with van der Waals surface area (Å²) in [6, 6.07) is 12.0. The number of nitrogens with zero attached hydrogens (tertiary/aromatic N) is 2. The van der Waals surface area contributed by atoms with E-state index in [9.17, 15) is 23.2 Å². The Morgan fingerprint density at radius 1 is 1.15 bits per heavy atom. The van der Waals surface area contributed by atoms with Gasteiger partial charge < -0.3 is 14.8 Å². The van der Waals surface area contributed by atoms with Crippen molar-refractivity contribution in [1.29, 1.82) is 0 Å². The minimum absolute atomic E-state index is 0.249. The Morgan fingerprint density at radius 3 is 2.48 bits per heavy atom. The molecular weight excluding hydrogens is 372 g/mol. The van der Waals surface area contributed by atoms with E-state index in [1.165, 1.54) is 29.2 Å². The highest BCUT2D eigenvalue weighted by Crippen LogP contribution is 2.22. The van der Waals surface area contributed by atoms with Crippen LogP contribution in [0.1, 0.15) is 10.5 Å². The molecule has 0 N–H and O–H groups in total. The van der Waals surface area contributed by atoms with Crippen LogP contribution >= 0.6 is 0 Å². The molecule has 0 unspecified atom stereocenters. The molecule has 0 saturated heterocycles. The Labute approximate surface area is 155 Å². The summed E-state index contributed by atoms with van der Waals surface area (Å²) in [5, 5.41) is 12.7. The lowest BCUT2D eigenvalue weighted by molar-refractivity contribution is -0.608. The first-order valence-electron chi connectivity index (χ1n) is 8.01. The number of hydrogen-bond acceptors (Lipinski definition) is 6. The van der Waals surface area contributed by atoms with Crippen LogP contribution in [0.5, 0.6) is 0 Å². The van der Waals surface area contributed by atoms with Crippen molar-refractivity contribution in [2.24, 2.45) is 0 Å². The number of carbonyl (C=O) groups excluding carboxylic acids is 2. The number of rotatable bonds is 5. The lowest BCUT2D eigenvalue weighted by Crippen LogP contribution is -2.44. The van der Waals surface area contributed by atoms with E-state index in [-0.39, 0.29) is 11.4 Å². The smallest absolute Gasteiger partial charge is 0.405 e. The molecule has 2 heterocycles. The molecule has 1 aliphatic heterocycles. The maximum Gasteiger partial charge on any atom is 0.405 e. The van der Waals surface area contributed by atoms with Crippen LogP contribution in [-0.4, -0.2) is 38.7 Å². The third-order valence-electron chi connectivity index (χ3n) is 3.91. The van der Waals surface area contributed by atoms with Crippen LogP contribution in [0.15, 0.2) is 66.2 Å².